The smallest absolute Gasteiger partial charge is 0.234 e. The monoisotopic (exact) mass is 417 g/mol. The lowest BCUT2D eigenvalue weighted by molar-refractivity contribution is -0.113. The van der Waals surface area contributed by atoms with Crippen LogP contribution in [0.4, 0.5) is 5.69 Å². The standard InChI is InChI=1S/C8H6Br2INO/c9-5-1-6(10)3-7(2-5)12-8(13)4-11/h1-3H,4H2,(H,12,13). The third-order valence-electron chi connectivity index (χ3n) is 1.27. The van der Waals surface area contributed by atoms with Gasteiger partial charge in [-0.25, -0.2) is 0 Å². The second kappa shape index (κ2) is 5.31. The third-order valence-corrected chi connectivity index (χ3v) is 2.88. The van der Waals surface area contributed by atoms with E-state index in [2.05, 4.69) is 37.2 Å². The summed E-state index contributed by atoms with van der Waals surface area (Å²) < 4.78 is 2.33. The molecule has 0 aliphatic heterocycles. The molecule has 5 heteroatoms. The van der Waals surface area contributed by atoms with Crippen molar-refractivity contribution in [3.63, 3.8) is 0 Å². The highest BCUT2D eigenvalue weighted by Gasteiger charge is 2.01. The molecule has 0 unspecified atom stereocenters. The Balaban J connectivity index is 2.83. The first-order valence-electron chi connectivity index (χ1n) is 3.43. The molecule has 0 heterocycles. The fraction of sp³-hybridized carbons (Fsp3) is 0.125. The molecule has 13 heavy (non-hydrogen) atoms. The fourth-order valence-corrected chi connectivity index (χ4v) is 2.30. The highest BCUT2D eigenvalue weighted by atomic mass is 127. The Labute approximate surface area is 107 Å². The van der Waals surface area contributed by atoms with Crippen molar-refractivity contribution in [2.24, 2.45) is 0 Å². The maximum atomic E-state index is 11.1. The van der Waals surface area contributed by atoms with Crippen LogP contribution in [0.25, 0.3) is 0 Å². The summed E-state index contributed by atoms with van der Waals surface area (Å²) in [5, 5.41) is 2.77. The number of carbonyl (C=O) groups is 1. The molecule has 0 aromatic heterocycles. The number of alkyl halides is 1. The first-order valence-corrected chi connectivity index (χ1v) is 6.55. The number of halogens is 3. The van der Waals surface area contributed by atoms with Crippen LogP contribution < -0.4 is 5.32 Å². The van der Waals surface area contributed by atoms with Crippen LogP contribution in [-0.2, 0) is 4.79 Å². The van der Waals surface area contributed by atoms with Gasteiger partial charge < -0.3 is 5.32 Å². The minimum atomic E-state index is 0.00519. The van der Waals surface area contributed by atoms with E-state index in [0.29, 0.717) is 4.43 Å². The van der Waals surface area contributed by atoms with Gasteiger partial charge >= 0.3 is 0 Å². The van der Waals surface area contributed by atoms with E-state index in [1.807, 2.05) is 40.8 Å². The van der Waals surface area contributed by atoms with Crippen molar-refractivity contribution in [1.29, 1.82) is 0 Å². The number of nitrogens with one attached hydrogen (secondary N) is 1. The van der Waals surface area contributed by atoms with Crippen LogP contribution in [0.3, 0.4) is 0 Å². The lowest BCUT2D eigenvalue weighted by Crippen LogP contribution is -2.12. The highest BCUT2D eigenvalue weighted by molar-refractivity contribution is 14.1. The molecule has 2 nitrogen and oxygen atoms in total. The first kappa shape index (κ1) is 11.5. The zero-order valence-electron chi connectivity index (χ0n) is 6.48. The van der Waals surface area contributed by atoms with Crippen LogP contribution in [0.5, 0.6) is 0 Å². The molecule has 1 aromatic rings. The normalized spacial score (nSPS) is 9.77. The van der Waals surface area contributed by atoms with Gasteiger partial charge in [0.2, 0.25) is 5.91 Å². The summed E-state index contributed by atoms with van der Waals surface area (Å²) >= 11 is 8.71. The van der Waals surface area contributed by atoms with Gasteiger partial charge in [-0.2, -0.15) is 0 Å². The Morgan fingerprint density at radius 1 is 1.31 bits per heavy atom. The molecule has 0 aliphatic carbocycles. The van der Waals surface area contributed by atoms with Gasteiger partial charge in [0.25, 0.3) is 0 Å². The Hall–Kier alpha value is 0.380. The maximum Gasteiger partial charge on any atom is 0.234 e. The lowest BCUT2D eigenvalue weighted by Gasteiger charge is -2.04. The zero-order valence-corrected chi connectivity index (χ0v) is 11.8. The zero-order chi connectivity index (χ0) is 9.84. The Kier molecular flexibility index (Phi) is 4.68. The van der Waals surface area contributed by atoms with E-state index in [1.54, 1.807) is 0 Å². The van der Waals surface area contributed by atoms with Crippen LogP contribution in [0.15, 0.2) is 27.1 Å². The van der Waals surface area contributed by atoms with E-state index in [4.69, 9.17) is 0 Å². The average Bonchev–Trinajstić information content (AvgIpc) is 2.02. The molecule has 0 atom stereocenters. The summed E-state index contributed by atoms with van der Waals surface area (Å²) in [5.74, 6) is 0.00519. The van der Waals surface area contributed by atoms with Gasteiger partial charge in [0.15, 0.2) is 0 Å². The molecular weight excluding hydrogens is 413 g/mol. The predicted molar refractivity (Wildman–Crippen MR) is 69.4 cm³/mol. The minimum Gasteiger partial charge on any atom is -0.325 e. The van der Waals surface area contributed by atoms with Gasteiger partial charge in [-0.05, 0) is 18.2 Å². The largest absolute Gasteiger partial charge is 0.325 e. The number of rotatable bonds is 2. The lowest BCUT2D eigenvalue weighted by atomic mass is 10.3. The van der Waals surface area contributed by atoms with Gasteiger partial charge in [-0.1, -0.05) is 54.5 Å². The van der Waals surface area contributed by atoms with E-state index in [1.165, 1.54) is 0 Å². The quantitative estimate of drug-likeness (QED) is 0.577. The number of carbonyl (C=O) groups excluding carboxylic acids is 1. The van der Waals surface area contributed by atoms with Crippen LogP contribution in [0, 0.1) is 0 Å². The average molecular weight is 419 g/mol. The number of anilines is 1. The van der Waals surface area contributed by atoms with Crippen LogP contribution in [-0.4, -0.2) is 10.3 Å². The third kappa shape index (κ3) is 3.95. The summed E-state index contributed by atoms with van der Waals surface area (Å²) in [6.07, 6.45) is 0. The van der Waals surface area contributed by atoms with E-state index in [9.17, 15) is 4.79 Å². The van der Waals surface area contributed by atoms with Gasteiger partial charge in [0.1, 0.15) is 0 Å². The van der Waals surface area contributed by atoms with Crippen molar-refractivity contribution in [1.82, 2.24) is 0 Å². The van der Waals surface area contributed by atoms with Crippen LogP contribution in [0.2, 0.25) is 0 Å². The van der Waals surface area contributed by atoms with Crippen molar-refractivity contribution in [3.05, 3.63) is 27.1 Å². The topological polar surface area (TPSA) is 29.1 Å². The number of amides is 1. The van der Waals surface area contributed by atoms with Crippen molar-refractivity contribution < 1.29 is 4.79 Å². The molecule has 0 saturated carbocycles. The van der Waals surface area contributed by atoms with Crippen LogP contribution >= 0.6 is 54.5 Å². The van der Waals surface area contributed by atoms with E-state index in [-0.39, 0.29) is 5.91 Å². The molecular formula is C8H6Br2INO. The van der Waals surface area contributed by atoms with Crippen molar-refractivity contribution in [2.45, 2.75) is 0 Å². The van der Waals surface area contributed by atoms with Crippen molar-refractivity contribution in [2.75, 3.05) is 9.74 Å². The Morgan fingerprint density at radius 3 is 2.31 bits per heavy atom. The molecule has 1 aromatic carbocycles. The number of hydrogen-bond donors (Lipinski definition) is 1. The van der Waals surface area contributed by atoms with Gasteiger partial charge in [-0.3, -0.25) is 4.79 Å². The number of benzene rings is 1. The number of hydrogen-bond acceptors (Lipinski definition) is 1. The fourth-order valence-electron chi connectivity index (χ4n) is 0.820. The van der Waals surface area contributed by atoms with E-state index in [0.717, 1.165) is 14.6 Å². The van der Waals surface area contributed by atoms with E-state index >= 15 is 0 Å². The molecule has 0 spiro atoms. The molecule has 1 N–H and O–H groups in total. The molecule has 0 bridgehead atoms. The molecule has 0 aliphatic rings. The Morgan fingerprint density at radius 2 is 1.85 bits per heavy atom. The Bertz CT molecular complexity index is 310. The second-order valence-corrected chi connectivity index (χ2v) is 4.93. The van der Waals surface area contributed by atoms with Gasteiger partial charge in [0, 0.05) is 14.6 Å². The summed E-state index contributed by atoms with van der Waals surface area (Å²) in [7, 11) is 0. The molecule has 1 rings (SSSR count). The SMILES string of the molecule is O=C(CI)Nc1cc(Br)cc(Br)c1. The summed E-state index contributed by atoms with van der Waals surface area (Å²) in [4.78, 5) is 11.1. The first-order chi connectivity index (χ1) is 6.11. The second-order valence-electron chi connectivity index (χ2n) is 2.34. The summed E-state index contributed by atoms with van der Waals surface area (Å²) in [6, 6.07) is 5.63. The van der Waals surface area contributed by atoms with Gasteiger partial charge in [0.05, 0.1) is 4.43 Å². The minimum absolute atomic E-state index is 0.00519. The molecule has 0 radical (unpaired) electrons. The maximum absolute atomic E-state index is 11.1. The molecule has 0 saturated heterocycles. The molecule has 70 valence electrons. The van der Waals surface area contributed by atoms with E-state index < -0.39 is 0 Å². The molecule has 0 fully saturated rings. The van der Waals surface area contributed by atoms with Gasteiger partial charge in [-0.15, -0.1) is 0 Å². The predicted octanol–water partition coefficient (Wildman–Crippen LogP) is 3.59. The van der Waals surface area contributed by atoms with Crippen LogP contribution in [0.1, 0.15) is 0 Å². The molecule has 1 amide bonds. The van der Waals surface area contributed by atoms with Crippen molar-refractivity contribution >= 4 is 66.0 Å². The van der Waals surface area contributed by atoms with Crippen molar-refractivity contribution in [3.8, 4) is 0 Å². The summed E-state index contributed by atoms with van der Waals surface area (Å²) in [5.41, 5.74) is 0.794. The summed E-state index contributed by atoms with van der Waals surface area (Å²) in [6.45, 7) is 0. The highest BCUT2D eigenvalue weighted by Crippen LogP contribution is 2.23.